The second-order valence-electron chi connectivity index (χ2n) is 7.35. The molecule has 0 aliphatic carbocycles. The van der Waals surface area contributed by atoms with Crippen molar-refractivity contribution in [1.29, 1.82) is 0 Å². The molecule has 1 aromatic heterocycles. The monoisotopic (exact) mass is 376 g/mol. The summed E-state index contributed by atoms with van der Waals surface area (Å²) in [6, 6.07) is 1.51. The van der Waals surface area contributed by atoms with Gasteiger partial charge >= 0.3 is 0 Å². The summed E-state index contributed by atoms with van der Waals surface area (Å²) in [5.41, 5.74) is -0.485. The number of hydrogen-bond acceptors (Lipinski definition) is 5. The summed E-state index contributed by atoms with van der Waals surface area (Å²) < 4.78 is 58.6. The van der Waals surface area contributed by atoms with Crippen LogP contribution in [0.1, 0.15) is 25.0 Å². The predicted octanol–water partition coefficient (Wildman–Crippen LogP) is 0.843. The van der Waals surface area contributed by atoms with Gasteiger partial charge in [-0.3, -0.25) is 9.58 Å². The highest BCUT2D eigenvalue weighted by Gasteiger charge is 2.56. The van der Waals surface area contributed by atoms with E-state index in [1.807, 2.05) is 0 Å². The number of ether oxygens (including phenoxy) is 1. The van der Waals surface area contributed by atoms with E-state index in [1.165, 1.54) is 11.4 Å². The van der Waals surface area contributed by atoms with Crippen molar-refractivity contribution in [3.8, 4) is 0 Å². The Labute approximate surface area is 145 Å². The highest BCUT2D eigenvalue weighted by Crippen LogP contribution is 2.44. The maximum absolute atomic E-state index is 12.8. The minimum absolute atomic E-state index is 0.0233. The summed E-state index contributed by atoms with van der Waals surface area (Å²) in [6.45, 7) is 4.28. The molecule has 0 unspecified atom stereocenters. The van der Waals surface area contributed by atoms with Crippen molar-refractivity contribution in [2.24, 2.45) is 12.5 Å². The first kappa shape index (κ1) is 17.3. The van der Waals surface area contributed by atoms with Crippen LogP contribution in [0.15, 0.2) is 11.1 Å². The van der Waals surface area contributed by atoms with Crippen LogP contribution in [-0.2, 0) is 21.8 Å². The van der Waals surface area contributed by atoms with Gasteiger partial charge in [0, 0.05) is 64.0 Å². The molecule has 0 amide bonds. The van der Waals surface area contributed by atoms with Crippen LogP contribution >= 0.6 is 0 Å². The number of halogens is 2. The zero-order valence-electron chi connectivity index (χ0n) is 14.1. The molecule has 25 heavy (non-hydrogen) atoms. The summed E-state index contributed by atoms with van der Waals surface area (Å²) in [5, 5.41) is 3.43. The number of aromatic nitrogens is 2. The van der Waals surface area contributed by atoms with Crippen molar-refractivity contribution in [3.05, 3.63) is 11.8 Å². The van der Waals surface area contributed by atoms with Crippen LogP contribution < -0.4 is 0 Å². The van der Waals surface area contributed by atoms with Gasteiger partial charge in [0.15, 0.2) is 5.03 Å². The number of aryl methyl sites for hydroxylation is 1. The van der Waals surface area contributed by atoms with Gasteiger partial charge in [-0.15, -0.1) is 0 Å². The van der Waals surface area contributed by atoms with Crippen molar-refractivity contribution < 1.29 is 21.9 Å². The number of alkyl halides is 2. The van der Waals surface area contributed by atoms with Crippen molar-refractivity contribution >= 4 is 10.0 Å². The van der Waals surface area contributed by atoms with Gasteiger partial charge in [0.2, 0.25) is 0 Å². The topological polar surface area (TPSA) is 67.7 Å². The summed E-state index contributed by atoms with van der Waals surface area (Å²) in [4.78, 5) is 2.41. The molecular weight excluding hydrogens is 354 g/mol. The summed E-state index contributed by atoms with van der Waals surface area (Å²) >= 11 is 0. The Bertz CT molecular complexity index is 747. The van der Waals surface area contributed by atoms with Gasteiger partial charge in [-0.2, -0.15) is 9.40 Å². The molecule has 3 aliphatic heterocycles. The lowest BCUT2D eigenvalue weighted by Gasteiger charge is -2.61. The molecule has 0 atom stereocenters. The van der Waals surface area contributed by atoms with E-state index in [0.29, 0.717) is 19.1 Å². The lowest BCUT2D eigenvalue weighted by molar-refractivity contribution is -0.116. The highest BCUT2D eigenvalue weighted by atomic mass is 32.2. The van der Waals surface area contributed by atoms with Gasteiger partial charge in [0.05, 0.1) is 0 Å². The number of rotatable bonds is 4. The molecule has 3 fully saturated rings. The molecule has 1 aromatic rings. The van der Waals surface area contributed by atoms with Gasteiger partial charge < -0.3 is 4.74 Å². The molecule has 0 aromatic carbocycles. The Morgan fingerprint density at radius 2 is 1.88 bits per heavy atom. The molecule has 7 nitrogen and oxygen atoms in total. The number of nitrogens with zero attached hydrogens (tertiary/aromatic N) is 4. The van der Waals surface area contributed by atoms with Gasteiger partial charge in [0.25, 0.3) is 16.4 Å². The molecule has 1 spiro atoms. The fourth-order valence-corrected chi connectivity index (χ4v) is 5.94. The molecule has 0 radical (unpaired) electrons. The van der Waals surface area contributed by atoms with E-state index in [0.717, 1.165) is 49.9 Å². The summed E-state index contributed by atoms with van der Waals surface area (Å²) in [5.74, 6) is 0. The minimum Gasteiger partial charge on any atom is -0.381 e. The normalized spacial score (nSPS) is 25.3. The largest absolute Gasteiger partial charge is 0.381 e. The first-order chi connectivity index (χ1) is 11.8. The van der Waals surface area contributed by atoms with Crippen LogP contribution in [0, 0.1) is 5.41 Å². The Morgan fingerprint density at radius 3 is 2.44 bits per heavy atom. The van der Waals surface area contributed by atoms with Crippen molar-refractivity contribution in [1.82, 2.24) is 19.0 Å². The maximum Gasteiger partial charge on any atom is 0.282 e. The van der Waals surface area contributed by atoms with Crippen LogP contribution in [0.4, 0.5) is 8.78 Å². The average Bonchev–Trinajstić information content (AvgIpc) is 2.88. The molecule has 3 aliphatic rings. The van der Waals surface area contributed by atoms with E-state index in [4.69, 9.17) is 4.74 Å². The number of hydrogen-bond donors (Lipinski definition) is 0. The summed E-state index contributed by atoms with van der Waals surface area (Å²) in [6.07, 6.45) is -0.718. The molecule has 140 valence electrons. The average molecular weight is 376 g/mol. The molecule has 4 rings (SSSR count). The van der Waals surface area contributed by atoms with Crippen molar-refractivity contribution in [2.75, 3.05) is 39.4 Å². The van der Waals surface area contributed by atoms with Gasteiger partial charge in [-0.05, 0) is 12.8 Å². The zero-order chi connectivity index (χ0) is 17.8. The van der Waals surface area contributed by atoms with E-state index >= 15 is 0 Å². The predicted molar refractivity (Wildman–Crippen MR) is 84.8 cm³/mol. The first-order valence-corrected chi connectivity index (χ1v) is 9.89. The van der Waals surface area contributed by atoms with E-state index in [1.54, 1.807) is 0 Å². The highest BCUT2D eigenvalue weighted by molar-refractivity contribution is 7.89. The van der Waals surface area contributed by atoms with Gasteiger partial charge in [0.1, 0.15) is 5.69 Å². The SMILES string of the molecule is Cn1nc(C(F)F)cc1S(=O)(=O)N1CC2(CN(C3CCOCC3)C2)C1. The molecule has 0 saturated carbocycles. The first-order valence-electron chi connectivity index (χ1n) is 8.45. The van der Waals surface area contributed by atoms with Crippen LogP contribution in [0.5, 0.6) is 0 Å². The summed E-state index contributed by atoms with van der Waals surface area (Å²) in [7, 11) is -2.39. The lowest BCUT2D eigenvalue weighted by Crippen LogP contribution is -2.74. The molecule has 0 bridgehead atoms. The zero-order valence-corrected chi connectivity index (χ0v) is 14.9. The van der Waals surface area contributed by atoms with Gasteiger partial charge in [-0.1, -0.05) is 0 Å². The van der Waals surface area contributed by atoms with Crippen LogP contribution in [0.2, 0.25) is 0 Å². The third kappa shape index (κ3) is 2.88. The number of likely N-dealkylation sites (tertiary alicyclic amines) is 1. The smallest absolute Gasteiger partial charge is 0.282 e. The third-order valence-electron chi connectivity index (χ3n) is 5.49. The number of sulfonamides is 1. The molecule has 4 heterocycles. The Kier molecular flexibility index (Phi) is 4.13. The molecule has 10 heteroatoms. The van der Waals surface area contributed by atoms with Crippen molar-refractivity contribution in [2.45, 2.75) is 30.3 Å². The second-order valence-corrected chi connectivity index (χ2v) is 9.24. The quantitative estimate of drug-likeness (QED) is 0.779. The van der Waals surface area contributed by atoms with E-state index < -0.39 is 22.1 Å². The van der Waals surface area contributed by atoms with Crippen LogP contribution in [-0.4, -0.2) is 72.8 Å². The fourth-order valence-electron chi connectivity index (χ4n) is 4.15. The maximum atomic E-state index is 12.8. The van der Waals surface area contributed by atoms with Gasteiger partial charge in [-0.25, -0.2) is 17.2 Å². The van der Waals surface area contributed by atoms with E-state index in [-0.39, 0.29) is 10.4 Å². The van der Waals surface area contributed by atoms with Crippen molar-refractivity contribution in [3.63, 3.8) is 0 Å². The Hall–Kier alpha value is -1.10. The standard InChI is InChI=1S/C15H22F2N4O3S/c1-19-13(6-12(18-19)14(16)17)25(22,23)21-9-15(10-21)7-20(8-15)11-2-4-24-5-3-11/h6,11,14H,2-5,7-10H2,1H3. The Balaban J connectivity index is 1.39. The third-order valence-corrected chi connectivity index (χ3v) is 7.34. The fraction of sp³-hybridized carbons (Fsp3) is 0.800. The molecule has 3 saturated heterocycles. The van der Waals surface area contributed by atoms with Crippen LogP contribution in [0.25, 0.3) is 0 Å². The minimum atomic E-state index is -3.77. The van der Waals surface area contributed by atoms with E-state index in [9.17, 15) is 17.2 Å². The Morgan fingerprint density at radius 1 is 1.24 bits per heavy atom. The van der Waals surface area contributed by atoms with Crippen LogP contribution in [0.3, 0.4) is 0 Å². The molecule has 0 N–H and O–H groups in total. The van der Waals surface area contributed by atoms with E-state index in [2.05, 4.69) is 10.00 Å². The lowest BCUT2D eigenvalue weighted by atomic mass is 9.73. The molecular formula is C15H22F2N4O3S. The second kappa shape index (κ2) is 5.97.